The molecule has 0 aliphatic carbocycles. The quantitative estimate of drug-likeness (QED) is 0.563. The number of carbonyl (C=O) groups excluding carboxylic acids is 1. The molecule has 2 nitrogen and oxygen atoms in total. The molecule has 0 aromatic heterocycles. The average Bonchev–Trinajstić information content (AvgIpc) is 2.61. The van der Waals surface area contributed by atoms with E-state index in [-0.39, 0.29) is 17.2 Å². The summed E-state index contributed by atoms with van der Waals surface area (Å²) in [5, 5.41) is 3.86. The summed E-state index contributed by atoms with van der Waals surface area (Å²) >= 11 is 7.53. The van der Waals surface area contributed by atoms with Crippen LogP contribution in [0.2, 0.25) is 5.02 Å². The van der Waals surface area contributed by atoms with Gasteiger partial charge in [-0.2, -0.15) is 0 Å². The summed E-state index contributed by atoms with van der Waals surface area (Å²) in [6.07, 6.45) is 1.71. The van der Waals surface area contributed by atoms with E-state index < -0.39 is 0 Å². The molecule has 2 aromatic carbocycles. The minimum Gasteiger partial charge on any atom is -0.348 e. The van der Waals surface area contributed by atoms with E-state index in [1.807, 2.05) is 49.4 Å². The first-order valence-electron chi connectivity index (χ1n) is 8.77. The van der Waals surface area contributed by atoms with Gasteiger partial charge in [0.25, 0.3) is 0 Å². The van der Waals surface area contributed by atoms with Crippen molar-refractivity contribution in [2.75, 3.05) is 0 Å². The zero-order valence-corrected chi connectivity index (χ0v) is 16.6. The Balaban J connectivity index is 2.08. The van der Waals surface area contributed by atoms with Crippen molar-refractivity contribution in [2.24, 2.45) is 5.92 Å². The summed E-state index contributed by atoms with van der Waals surface area (Å²) in [4.78, 5) is 13.9. The molecule has 0 heterocycles. The van der Waals surface area contributed by atoms with Crippen molar-refractivity contribution in [3.8, 4) is 0 Å². The second-order valence-electron chi connectivity index (χ2n) is 6.57. The molecule has 1 N–H and O–H groups in total. The first-order valence-corrected chi connectivity index (χ1v) is 10.0. The van der Waals surface area contributed by atoms with Gasteiger partial charge in [0.2, 0.25) is 5.91 Å². The number of halogens is 1. The van der Waals surface area contributed by atoms with E-state index in [4.69, 9.17) is 11.6 Å². The maximum Gasteiger partial charge on any atom is 0.233 e. The molecule has 134 valence electrons. The molecule has 2 rings (SSSR count). The van der Waals surface area contributed by atoms with Crippen LogP contribution in [0.15, 0.2) is 59.5 Å². The van der Waals surface area contributed by atoms with Gasteiger partial charge in [0.15, 0.2) is 0 Å². The topological polar surface area (TPSA) is 29.1 Å². The lowest BCUT2D eigenvalue weighted by atomic mass is 9.97. The number of hydrogen-bond donors (Lipinski definition) is 1. The van der Waals surface area contributed by atoms with Crippen LogP contribution in [-0.2, 0) is 4.79 Å². The minimum atomic E-state index is -0.112. The van der Waals surface area contributed by atoms with Gasteiger partial charge in [0, 0.05) is 9.92 Å². The SMILES string of the molecule is CC[C@@H](Sc1ccc(Cl)cc1)C(=O)N[C@H](CC(C)C)c1ccccc1. The van der Waals surface area contributed by atoms with Crippen LogP contribution in [0, 0.1) is 5.92 Å². The number of carbonyl (C=O) groups is 1. The van der Waals surface area contributed by atoms with Crippen molar-refractivity contribution in [1.29, 1.82) is 0 Å². The van der Waals surface area contributed by atoms with Crippen molar-refractivity contribution < 1.29 is 4.79 Å². The number of nitrogens with one attached hydrogen (secondary N) is 1. The molecule has 0 radical (unpaired) electrons. The lowest BCUT2D eigenvalue weighted by Gasteiger charge is -2.24. The van der Waals surface area contributed by atoms with Crippen LogP contribution < -0.4 is 5.32 Å². The molecule has 2 aromatic rings. The predicted octanol–water partition coefficient (Wildman–Crippen LogP) is 6.11. The number of thioether (sulfide) groups is 1. The summed E-state index contributed by atoms with van der Waals surface area (Å²) < 4.78 is 0. The number of amides is 1. The maximum absolute atomic E-state index is 12.9. The van der Waals surface area contributed by atoms with Gasteiger partial charge in [-0.25, -0.2) is 0 Å². The van der Waals surface area contributed by atoms with Crippen LogP contribution >= 0.6 is 23.4 Å². The molecule has 0 unspecified atom stereocenters. The molecule has 0 fully saturated rings. The molecule has 0 saturated heterocycles. The predicted molar refractivity (Wildman–Crippen MR) is 108 cm³/mol. The molecule has 0 aliphatic rings. The van der Waals surface area contributed by atoms with E-state index in [1.165, 1.54) is 0 Å². The molecular weight excluding hydrogens is 350 g/mol. The highest BCUT2D eigenvalue weighted by Gasteiger charge is 2.22. The van der Waals surface area contributed by atoms with Crippen LogP contribution in [0.5, 0.6) is 0 Å². The van der Waals surface area contributed by atoms with Gasteiger partial charge in [-0.3, -0.25) is 4.79 Å². The molecule has 1 amide bonds. The Morgan fingerprint density at radius 2 is 1.72 bits per heavy atom. The standard InChI is InChI=1S/C21H26ClNOS/c1-4-20(25-18-12-10-17(22)11-13-18)21(24)23-19(14-15(2)3)16-8-6-5-7-9-16/h5-13,15,19-20H,4,14H2,1-3H3,(H,23,24)/t19-,20-/m1/s1. The maximum atomic E-state index is 12.9. The third kappa shape index (κ3) is 6.41. The van der Waals surface area contributed by atoms with Crippen LogP contribution in [0.3, 0.4) is 0 Å². The summed E-state index contributed by atoms with van der Waals surface area (Å²) in [6.45, 7) is 6.41. The van der Waals surface area contributed by atoms with Crippen molar-refractivity contribution in [1.82, 2.24) is 5.32 Å². The Kier molecular flexibility index (Phi) is 7.86. The third-order valence-corrected chi connectivity index (χ3v) is 5.61. The summed E-state index contributed by atoms with van der Waals surface area (Å²) in [7, 11) is 0. The first kappa shape index (κ1) is 19.9. The molecule has 0 aliphatic heterocycles. The highest BCUT2D eigenvalue weighted by Crippen LogP contribution is 2.28. The van der Waals surface area contributed by atoms with Gasteiger partial charge in [-0.1, -0.05) is 62.7 Å². The van der Waals surface area contributed by atoms with Crippen LogP contribution in [-0.4, -0.2) is 11.2 Å². The third-order valence-electron chi connectivity index (χ3n) is 3.98. The molecule has 2 atom stereocenters. The van der Waals surface area contributed by atoms with E-state index in [2.05, 4.69) is 31.3 Å². The largest absolute Gasteiger partial charge is 0.348 e. The second kappa shape index (κ2) is 9.88. The van der Waals surface area contributed by atoms with Crippen molar-refractivity contribution >= 4 is 29.3 Å². The van der Waals surface area contributed by atoms with Crippen molar-refractivity contribution in [3.63, 3.8) is 0 Å². The molecule has 0 saturated carbocycles. The van der Waals surface area contributed by atoms with E-state index in [9.17, 15) is 4.79 Å². The summed E-state index contributed by atoms with van der Waals surface area (Å²) in [5.74, 6) is 0.603. The number of rotatable bonds is 8. The lowest BCUT2D eigenvalue weighted by Crippen LogP contribution is -2.36. The van der Waals surface area contributed by atoms with Crippen molar-refractivity contribution in [2.45, 2.75) is 49.8 Å². The fraction of sp³-hybridized carbons (Fsp3) is 0.381. The van der Waals surface area contributed by atoms with Gasteiger partial charge in [-0.15, -0.1) is 11.8 Å². The Labute approximate surface area is 160 Å². The van der Waals surface area contributed by atoms with Gasteiger partial charge >= 0.3 is 0 Å². The number of benzene rings is 2. The Morgan fingerprint density at radius 3 is 2.28 bits per heavy atom. The van der Waals surface area contributed by atoms with Gasteiger partial charge in [0.1, 0.15) is 0 Å². The van der Waals surface area contributed by atoms with Crippen LogP contribution in [0.1, 0.15) is 45.2 Å². The Hall–Kier alpha value is -1.45. The Morgan fingerprint density at radius 1 is 1.08 bits per heavy atom. The highest BCUT2D eigenvalue weighted by molar-refractivity contribution is 8.00. The highest BCUT2D eigenvalue weighted by atomic mass is 35.5. The first-order chi connectivity index (χ1) is 12.0. The molecule has 4 heteroatoms. The molecule has 0 bridgehead atoms. The fourth-order valence-electron chi connectivity index (χ4n) is 2.70. The van der Waals surface area contributed by atoms with Crippen molar-refractivity contribution in [3.05, 3.63) is 65.2 Å². The fourth-order valence-corrected chi connectivity index (χ4v) is 3.79. The number of hydrogen-bond acceptors (Lipinski definition) is 2. The van der Waals surface area contributed by atoms with E-state index in [1.54, 1.807) is 11.8 Å². The molecule has 0 spiro atoms. The summed E-state index contributed by atoms with van der Waals surface area (Å²) in [5.41, 5.74) is 1.16. The monoisotopic (exact) mass is 375 g/mol. The Bertz CT molecular complexity index is 657. The summed E-state index contributed by atoms with van der Waals surface area (Å²) in [6, 6.07) is 17.9. The van der Waals surface area contributed by atoms with Gasteiger partial charge in [-0.05, 0) is 48.6 Å². The smallest absolute Gasteiger partial charge is 0.233 e. The van der Waals surface area contributed by atoms with E-state index in [0.717, 1.165) is 23.3 Å². The molecular formula is C21H26ClNOS. The zero-order valence-electron chi connectivity index (χ0n) is 15.0. The van der Waals surface area contributed by atoms with E-state index in [0.29, 0.717) is 10.9 Å². The van der Waals surface area contributed by atoms with Gasteiger partial charge in [0.05, 0.1) is 11.3 Å². The van der Waals surface area contributed by atoms with Gasteiger partial charge < -0.3 is 5.32 Å². The second-order valence-corrected chi connectivity index (χ2v) is 8.28. The van der Waals surface area contributed by atoms with E-state index >= 15 is 0 Å². The zero-order chi connectivity index (χ0) is 18.2. The van der Waals surface area contributed by atoms with Crippen LogP contribution in [0.25, 0.3) is 0 Å². The van der Waals surface area contributed by atoms with Crippen LogP contribution in [0.4, 0.5) is 0 Å². The average molecular weight is 376 g/mol. The lowest BCUT2D eigenvalue weighted by molar-refractivity contribution is -0.121. The minimum absolute atomic E-state index is 0.0496. The molecule has 25 heavy (non-hydrogen) atoms. The normalized spacial score (nSPS) is 13.5.